The van der Waals surface area contributed by atoms with Crippen LogP contribution in [0.3, 0.4) is 0 Å². The summed E-state index contributed by atoms with van der Waals surface area (Å²) in [4.78, 5) is 42.2. The standard InChI is InChI=1S/C23H26N6O4/c1-4-9-24-21(30)17-11-28-19(14(17)3)20(25-12-26-28)27-18-10-15(6-5-13(18)2)22(31)29(23(32)33)16-7-8-16/h5-6,10-12,16H,4,7-9H2,1-3H3,(H,24,30)(H,32,33)(H,25,26,27). The largest absolute Gasteiger partial charge is 0.465 e. The van der Waals surface area contributed by atoms with Crippen LogP contribution in [0.25, 0.3) is 5.52 Å². The molecule has 10 heteroatoms. The fourth-order valence-corrected chi connectivity index (χ4v) is 3.71. The van der Waals surface area contributed by atoms with Crippen molar-refractivity contribution in [3.63, 3.8) is 0 Å². The first-order valence-electron chi connectivity index (χ1n) is 10.9. The van der Waals surface area contributed by atoms with Crippen LogP contribution in [0.15, 0.2) is 30.7 Å². The molecule has 0 spiro atoms. The number of rotatable bonds is 7. The highest BCUT2D eigenvalue weighted by Gasteiger charge is 2.37. The second-order valence-corrected chi connectivity index (χ2v) is 8.17. The molecule has 0 saturated heterocycles. The minimum atomic E-state index is -1.24. The van der Waals surface area contributed by atoms with Crippen LogP contribution in [0.2, 0.25) is 0 Å². The van der Waals surface area contributed by atoms with Crippen molar-refractivity contribution in [3.8, 4) is 0 Å². The van der Waals surface area contributed by atoms with Crippen LogP contribution >= 0.6 is 0 Å². The van der Waals surface area contributed by atoms with E-state index in [1.807, 2.05) is 20.8 Å². The van der Waals surface area contributed by atoms with Crippen LogP contribution in [0, 0.1) is 13.8 Å². The molecule has 0 bridgehead atoms. The first-order valence-corrected chi connectivity index (χ1v) is 10.9. The molecule has 1 aromatic carbocycles. The van der Waals surface area contributed by atoms with Gasteiger partial charge in [-0.25, -0.2) is 19.2 Å². The Morgan fingerprint density at radius 3 is 2.67 bits per heavy atom. The quantitative estimate of drug-likeness (QED) is 0.502. The molecule has 0 aliphatic heterocycles. The number of nitrogens with one attached hydrogen (secondary N) is 2. The summed E-state index contributed by atoms with van der Waals surface area (Å²) in [7, 11) is 0. The maximum atomic E-state index is 12.9. The SMILES string of the molecule is CCCNC(=O)c1cn2ncnc(Nc3cc(C(=O)N(C(=O)O)C4CC4)ccc3C)c2c1C. The molecule has 10 nitrogen and oxygen atoms in total. The number of aryl methyl sites for hydroxylation is 2. The summed E-state index contributed by atoms with van der Waals surface area (Å²) in [6, 6.07) is 4.75. The average Bonchev–Trinajstić information content (AvgIpc) is 3.55. The number of nitrogens with zero attached hydrogens (tertiary/aromatic N) is 4. The van der Waals surface area contributed by atoms with Crippen molar-refractivity contribution in [1.29, 1.82) is 0 Å². The zero-order chi connectivity index (χ0) is 23.7. The summed E-state index contributed by atoms with van der Waals surface area (Å²) in [6.07, 6.45) is 4.01. The fourth-order valence-electron chi connectivity index (χ4n) is 3.71. The number of carbonyl (C=O) groups excluding carboxylic acids is 2. The normalized spacial score (nSPS) is 13.1. The van der Waals surface area contributed by atoms with Gasteiger partial charge in [-0.15, -0.1) is 0 Å². The molecule has 0 radical (unpaired) electrons. The molecular weight excluding hydrogens is 424 g/mol. The van der Waals surface area contributed by atoms with Gasteiger partial charge in [0, 0.05) is 30.0 Å². The van der Waals surface area contributed by atoms with Gasteiger partial charge < -0.3 is 15.7 Å². The maximum Gasteiger partial charge on any atom is 0.414 e. The van der Waals surface area contributed by atoms with Crippen molar-refractivity contribution in [3.05, 3.63) is 53.0 Å². The number of carbonyl (C=O) groups is 3. The number of amides is 3. The highest BCUT2D eigenvalue weighted by atomic mass is 16.4. The molecular formula is C23H26N6O4. The highest BCUT2D eigenvalue weighted by molar-refractivity contribution is 6.04. The van der Waals surface area contributed by atoms with Gasteiger partial charge in [0.2, 0.25) is 0 Å². The third kappa shape index (κ3) is 4.36. The van der Waals surface area contributed by atoms with Gasteiger partial charge in [0.15, 0.2) is 5.82 Å². The highest BCUT2D eigenvalue weighted by Crippen LogP contribution is 2.31. The predicted molar refractivity (Wildman–Crippen MR) is 122 cm³/mol. The van der Waals surface area contributed by atoms with Gasteiger partial charge in [0.1, 0.15) is 11.8 Å². The number of anilines is 2. The average molecular weight is 450 g/mol. The van der Waals surface area contributed by atoms with Crippen molar-refractivity contribution in [2.45, 2.75) is 46.1 Å². The Morgan fingerprint density at radius 2 is 2.00 bits per heavy atom. The Kier molecular flexibility index (Phi) is 5.99. The third-order valence-electron chi connectivity index (χ3n) is 5.68. The number of hydrogen-bond acceptors (Lipinski definition) is 6. The number of benzene rings is 1. The molecule has 1 saturated carbocycles. The molecule has 3 aromatic rings. The van der Waals surface area contributed by atoms with Crippen molar-refractivity contribution in [2.24, 2.45) is 0 Å². The van der Waals surface area contributed by atoms with Gasteiger partial charge in [-0.1, -0.05) is 13.0 Å². The van der Waals surface area contributed by atoms with E-state index in [1.54, 1.807) is 28.9 Å². The molecule has 2 heterocycles. The van der Waals surface area contributed by atoms with E-state index in [0.29, 0.717) is 42.0 Å². The van der Waals surface area contributed by atoms with Gasteiger partial charge in [0.05, 0.1) is 5.56 Å². The summed E-state index contributed by atoms with van der Waals surface area (Å²) in [5.74, 6) is -0.250. The first kappa shape index (κ1) is 22.3. The van der Waals surface area contributed by atoms with Gasteiger partial charge >= 0.3 is 6.09 Å². The van der Waals surface area contributed by atoms with Crippen LogP contribution in [0.5, 0.6) is 0 Å². The molecule has 1 fully saturated rings. The molecule has 33 heavy (non-hydrogen) atoms. The van der Waals surface area contributed by atoms with E-state index < -0.39 is 12.0 Å². The molecule has 1 aliphatic carbocycles. The summed E-state index contributed by atoms with van der Waals surface area (Å²) < 4.78 is 1.59. The molecule has 172 valence electrons. The van der Waals surface area contributed by atoms with E-state index in [-0.39, 0.29) is 17.5 Å². The van der Waals surface area contributed by atoms with E-state index >= 15 is 0 Å². The van der Waals surface area contributed by atoms with Gasteiger partial charge in [-0.3, -0.25) is 9.59 Å². The minimum absolute atomic E-state index is 0.177. The lowest BCUT2D eigenvalue weighted by Gasteiger charge is -2.18. The van der Waals surface area contributed by atoms with Gasteiger partial charge in [-0.2, -0.15) is 5.10 Å². The van der Waals surface area contributed by atoms with E-state index in [2.05, 4.69) is 20.7 Å². The maximum absolute atomic E-state index is 12.9. The zero-order valence-electron chi connectivity index (χ0n) is 18.8. The van der Waals surface area contributed by atoms with E-state index in [1.165, 1.54) is 6.33 Å². The Bertz CT molecular complexity index is 1250. The Balaban J connectivity index is 1.68. The van der Waals surface area contributed by atoms with Gasteiger partial charge in [-0.05, 0) is 56.4 Å². The van der Waals surface area contributed by atoms with Crippen molar-refractivity contribution >= 4 is 34.9 Å². The van der Waals surface area contributed by atoms with Crippen LogP contribution in [-0.4, -0.2) is 55.1 Å². The van der Waals surface area contributed by atoms with E-state index in [9.17, 15) is 19.5 Å². The second kappa shape index (κ2) is 8.89. The molecule has 1 aliphatic rings. The number of fused-ring (bicyclic) bond motifs is 1. The van der Waals surface area contributed by atoms with E-state index in [0.717, 1.165) is 22.4 Å². The predicted octanol–water partition coefficient (Wildman–Crippen LogP) is 3.51. The molecule has 0 atom stereocenters. The van der Waals surface area contributed by atoms with E-state index in [4.69, 9.17) is 0 Å². The molecule has 4 rings (SSSR count). The zero-order valence-corrected chi connectivity index (χ0v) is 18.8. The van der Waals surface area contributed by atoms with Crippen LogP contribution in [0.1, 0.15) is 58.0 Å². The summed E-state index contributed by atoms with van der Waals surface area (Å²) in [5, 5.41) is 19.8. The first-order chi connectivity index (χ1) is 15.8. The topological polar surface area (TPSA) is 129 Å². The molecule has 2 aromatic heterocycles. The smallest absolute Gasteiger partial charge is 0.414 e. The molecule has 3 N–H and O–H groups in total. The van der Waals surface area contributed by atoms with Crippen molar-refractivity contribution in [2.75, 3.05) is 11.9 Å². The Morgan fingerprint density at radius 1 is 1.24 bits per heavy atom. The van der Waals surface area contributed by atoms with Crippen molar-refractivity contribution < 1.29 is 19.5 Å². The minimum Gasteiger partial charge on any atom is -0.465 e. The fraction of sp³-hybridized carbons (Fsp3) is 0.348. The van der Waals surface area contributed by atoms with Gasteiger partial charge in [0.25, 0.3) is 11.8 Å². The van der Waals surface area contributed by atoms with Crippen LogP contribution in [-0.2, 0) is 0 Å². The summed E-state index contributed by atoms with van der Waals surface area (Å²) >= 11 is 0. The number of aromatic nitrogens is 3. The summed E-state index contributed by atoms with van der Waals surface area (Å²) in [5.41, 5.74) is 3.60. The lowest BCUT2D eigenvalue weighted by atomic mass is 10.1. The van der Waals surface area contributed by atoms with Crippen molar-refractivity contribution in [1.82, 2.24) is 24.8 Å². The Labute approximate surface area is 190 Å². The second-order valence-electron chi connectivity index (χ2n) is 8.17. The number of carboxylic acid groups (broad SMARTS) is 1. The third-order valence-corrected chi connectivity index (χ3v) is 5.68. The monoisotopic (exact) mass is 450 g/mol. The summed E-state index contributed by atoms with van der Waals surface area (Å²) in [6.45, 7) is 6.27. The lowest BCUT2D eigenvalue weighted by molar-refractivity contribution is 0.0729. The molecule has 0 unspecified atom stereocenters. The molecule has 3 amide bonds. The van der Waals surface area contributed by atoms with Crippen LogP contribution < -0.4 is 10.6 Å². The number of hydrogen-bond donors (Lipinski definition) is 3. The lowest BCUT2D eigenvalue weighted by Crippen LogP contribution is -2.37. The Hall–Kier alpha value is -3.95. The number of imide groups is 1. The van der Waals surface area contributed by atoms with Crippen LogP contribution in [0.4, 0.5) is 16.3 Å².